The van der Waals surface area contributed by atoms with Gasteiger partial charge in [-0.1, -0.05) is 0 Å². The standard InChI is InChI=1S/C16H22BN5O6/c23-14(22-4-7-27-8-5-22)9-11(15(24)21-13-1-6-28-17(13)26)20-16(25)12-10-18-2-3-19-12/h2-3,10-11,13,26H,1,4-9H2,(H,20,25)(H,21,24). The maximum Gasteiger partial charge on any atom is 0.478 e. The van der Waals surface area contributed by atoms with Crippen LogP contribution in [0, 0.1) is 0 Å². The highest BCUT2D eigenvalue weighted by Crippen LogP contribution is 2.09. The molecule has 3 amide bonds. The van der Waals surface area contributed by atoms with E-state index in [1.807, 2.05) is 0 Å². The number of ether oxygens (including phenoxy) is 1. The van der Waals surface area contributed by atoms with Gasteiger partial charge in [-0.25, -0.2) is 4.98 Å². The predicted octanol–water partition coefficient (Wildman–Crippen LogP) is -2.25. The third-order valence-corrected chi connectivity index (χ3v) is 4.55. The van der Waals surface area contributed by atoms with Crippen LogP contribution in [0.3, 0.4) is 0 Å². The largest absolute Gasteiger partial charge is 0.478 e. The van der Waals surface area contributed by atoms with Crippen LogP contribution in [0.15, 0.2) is 18.6 Å². The van der Waals surface area contributed by atoms with Crippen LogP contribution < -0.4 is 10.6 Å². The Hall–Kier alpha value is -2.57. The summed E-state index contributed by atoms with van der Waals surface area (Å²) in [5.74, 6) is -2.06. The Morgan fingerprint density at radius 3 is 2.71 bits per heavy atom. The molecule has 0 radical (unpaired) electrons. The van der Waals surface area contributed by atoms with E-state index in [1.54, 1.807) is 4.90 Å². The van der Waals surface area contributed by atoms with Crippen LogP contribution in [0.2, 0.25) is 0 Å². The maximum absolute atomic E-state index is 12.7. The maximum atomic E-state index is 12.7. The molecule has 1 aromatic rings. The fourth-order valence-corrected chi connectivity index (χ4v) is 2.98. The Morgan fingerprint density at radius 1 is 1.29 bits per heavy atom. The lowest BCUT2D eigenvalue weighted by Gasteiger charge is -2.28. The van der Waals surface area contributed by atoms with Gasteiger partial charge in [-0.2, -0.15) is 0 Å². The molecule has 0 aliphatic carbocycles. The molecule has 0 saturated carbocycles. The van der Waals surface area contributed by atoms with E-state index in [1.165, 1.54) is 18.6 Å². The molecule has 0 bridgehead atoms. The number of nitrogens with one attached hydrogen (secondary N) is 2. The molecule has 3 N–H and O–H groups in total. The second kappa shape index (κ2) is 9.58. The van der Waals surface area contributed by atoms with E-state index in [0.29, 0.717) is 39.3 Å². The van der Waals surface area contributed by atoms with Crippen molar-refractivity contribution in [1.82, 2.24) is 25.5 Å². The first-order chi connectivity index (χ1) is 13.5. The van der Waals surface area contributed by atoms with Gasteiger partial charge in [0.25, 0.3) is 5.91 Å². The Kier molecular flexibility index (Phi) is 6.90. The third kappa shape index (κ3) is 5.24. The Balaban J connectivity index is 1.67. The number of carbonyl (C=O) groups excluding carboxylic acids is 3. The summed E-state index contributed by atoms with van der Waals surface area (Å²) in [5.41, 5.74) is 0.0309. The molecule has 12 heteroatoms. The van der Waals surface area contributed by atoms with Crippen LogP contribution >= 0.6 is 0 Å². The first-order valence-corrected chi connectivity index (χ1v) is 9.07. The van der Waals surface area contributed by atoms with Crippen LogP contribution in [-0.2, 0) is 19.0 Å². The minimum absolute atomic E-state index is 0.0309. The van der Waals surface area contributed by atoms with Crippen molar-refractivity contribution >= 4 is 24.8 Å². The van der Waals surface area contributed by atoms with Gasteiger partial charge in [-0.05, 0) is 6.42 Å². The van der Waals surface area contributed by atoms with Crippen molar-refractivity contribution in [3.8, 4) is 0 Å². The quantitative estimate of drug-likeness (QED) is 0.462. The average Bonchev–Trinajstić information content (AvgIpc) is 3.13. The van der Waals surface area contributed by atoms with Crippen molar-refractivity contribution in [2.24, 2.45) is 0 Å². The van der Waals surface area contributed by atoms with E-state index in [-0.39, 0.29) is 18.0 Å². The fraction of sp³-hybridized carbons (Fsp3) is 0.562. The van der Waals surface area contributed by atoms with Gasteiger partial charge in [0.2, 0.25) is 11.8 Å². The van der Waals surface area contributed by atoms with Crippen molar-refractivity contribution in [3.63, 3.8) is 0 Å². The summed E-state index contributed by atoms with van der Waals surface area (Å²) in [5, 5.41) is 14.9. The second-order valence-corrected chi connectivity index (χ2v) is 6.48. The zero-order valence-corrected chi connectivity index (χ0v) is 15.2. The number of morpholine rings is 1. The molecular formula is C16H22BN5O6. The van der Waals surface area contributed by atoms with Gasteiger partial charge in [-0.3, -0.25) is 19.4 Å². The number of aromatic nitrogens is 2. The summed E-state index contributed by atoms with van der Waals surface area (Å²) in [4.78, 5) is 47.0. The highest BCUT2D eigenvalue weighted by Gasteiger charge is 2.36. The lowest BCUT2D eigenvalue weighted by atomic mass is 9.80. The van der Waals surface area contributed by atoms with E-state index < -0.39 is 30.9 Å². The molecule has 2 saturated heterocycles. The van der Waals surface area contributed by atoms with Crippen molar-refractivity contribution in [3.05, 3.63) is 24.3 Å². The molecule has 1 aromatic heterocycles. The van der Waals surface area contributed by atoms with E-state index in [2.05, 4.69) is 20.6 Å². The van der Waals surface area contributed by atoms with E-state index in [4.69, 9.17) is 9.39 Å². The lowest BCUT2D eigenvalue weighted by molar-refractivity contribution is -0.138. The number of nitrogens with zero attached hydrogens (tertiary/aromatic N) is 3. The van der Waals surface area contributed by atoms with Crippen LogP contribution in [0.25, 0.3) is 0 Å². The van der Waals surface area contributed by atoms with Gasteiger partial charge in [0, 0.05) is 32.1 Å². The van der Waals surface area contributed by atoms with Crippen LogP contribution in [-0.4, -0.2) is 89.6 Å². The number of amides is 3. The minimum atomic E-state index is -1.13. The second-order valence-electron chi connectivity index (χ2n) is 6.48. The van der Waals surface area contributed by atoms with Crippen LogP contribution in [0.1, 0.15) is 23.3 Å². The average molecular weight is 391 g/mol. The van der Waals surface area contributed by atoms with Crippen LogP contribution in [0.4, 0.5) is 0 Å². The summed E-state index contributed by atoms with van der Waals surface area (Å²) >= 11 is 0. The Bertz CT molecular complexity index is 702. The molecule has 3 rings (SSSR count). The predicted molar refractivity (Wildman–Crippen MR) is 95.8 cm³/mol. The number of hydrogen-bond donors (Lipinski definition) is 3. The van der Waals surface area contributed by atoms with Gasteiger partial charge in [-0.15, -0.1) is 0 Å². The van der Waals surface area contributed by atoms with Gasteiger partial charge >= 0.3 is 7.12 Å². The molecule has 2 atom stereocenters. The van der Waals surface area contributed by atoms with E-state index in [9.17, 15) is 19.4 Å². The molecule has 11 nitrogen and oxygen atoms in total. The molecule has 0 spiro atoms. The third-order valence-electron chi connectivity index (χ3n) is 4.55. The number of hydrogen-bond acceptors (Lipinski definition) is 8. The lowest BCUT2D eigenvalue weighted by Crippen LogP contribution is -2.54. The first kappa shape index (κ1) is 20.2. The number of rotatable bonds is 6. The van der Waals surface area contributed by atoms with E-state index in [0.717, 1.165) is 0 Å². The molecule has 2 aliphatic rings. The van der Waals surface area contributed by atoms with Gasteiger partial charge in [0.05, 0.1) is 31.8 Å². The molecule has 28 heavy (non-hydrogen) atoms. The Morgan fingerprint density at radius 2 is 2.07 bits per heavy atom. The zero-order chi connectivity index (χ0) is 19.9. The minimum Gasteiger partial charge on any atom is -0.426 e. The highest BCUT2D eigenvalue weighted by atomic mass is 16.5. The zero-order valence-electron chi connectivity index (χ0n) is 15.2. The summed E-state index contributed by atoms with van der Waals surface area (Å²) in [6.07, 6.45) is 4.26. The SMILES string of the molecule is O=C(NC(CC(=O)N1CCOCC1)C(=O)NC1CCOB1O)c1cnccn1. The molecule has 0 aromatic carbocycles. The van der Waals surface area contributed by atoms with Crippen molar-refractivity contribution in [2.45, 2.75) is 24.8 Å². The molecular weight excluding hydrogens is 369 g/mol. The summed E-state index contributed by atoms with van der Waals surface area (Å²) < 4.78 is 10.2. The van der Waals surface area contributed by atoms with Crippen molar-refractivity contribution in [1.29, 1.82) is 0 Å². The summed E-state index contributed by atoms with van der Waals surface area (Å²) in [7, 11) is -1.12. The fourth-order valence-electron chi connectivity index (χ4n) is 2.98. The monoisotopic (exact) mass is 391 g/mol. The molecule has 2 aliphatic heterocycles. The van der Waals surface area contributed by atoms with Gasteiger partial charge in [0.1, 0.15) is 11.7 Å². The smallest absolute Gasteiger partial charge is 0.426 e. The normalized spacial score (nSPS) is 20.5. The molecule has 150 valence electrons. The highest BCUT2D eigenvalue weighted by molar-refractivity contribution is 6.46. The molecule has 2 fully saturated rings. The molecule has 2 unspecified atom stereocenters. The van der Waals surface area contributed by atoms with E-state index >= 15 is 0 Å². The number of carbonyl (C=O) groups is 3. The van der Waals surface area contributed by atoms with Crippen molar-refractivity contribution < 1.29 is 28.8 Å². The summed E-state index contributed by atoms with van der Waals surface area (Å²) in [6, 6.07) is -1.13. The van der Waals surface area contributed by atoms with Gasteiger partial charge < -0.3 is 29.9 Å². The van der Waals surface area contributed by atoms with Gasteiger partial charge in [0.15, 0.2) is 0 Å². The first-order valence-electron chi connectivity index (χ1n) is 9.07. The van der Waals surface area contributed by atoms with Crippen molar-refractivity contribution in [2.75, 3.05) is 32.9 Å². The van der Waals surface area contributed by atoms with Crippen LogP contribution in [0.5, 0.6) is 0 Å². The Labute approximate surface area is 161 Å². The summed E-state index contributed by atoms with van der Waals surface area (Å²) in [6.45, 7) is 2.04. The molecule has 3 heterocycles. The topological polar surface area (TPSA) is 143 Å².